The van der Waals surface area contributed by atoms with Crippen LogP contribution >= 0.6 is 0 Å². The van der Waals surface area contributed by atoms with E-state index in [1.165, 1.54) is 10.8 Å². The van der Waals surface area contributed by atoms with Crippen LogP contribution in [-0.4, -0.2) is 15.0 Å². The van der Waals surface area contributed by atoms with Gasteiger partial charge in [0.25, 0.3) is 0 Å². The van der Waals surface area contributed by atoms with Crippen LogP contribution in [0.25, 0.3) is 77.0 Å². The lowest BCUT2D eigenvalue weighted by molar-refractivity contribution is 1.33. The zero-order valence-corrected chi connectivity index (χ0v) is 21.6. The Hall–Kier alpha value is -5.41. The minimum atomic E-state index is 0.949. The number of hydrogen-bond donors (Lipinski definition) is 0. The number of benzene rings is 5. The lowest BCUT2D eigenvalue weighted by atomic mass is 9.87. The summed E-state index contributed by atoms with van der Waals surface area (Å²) in [6.07, 6.45) is 3.72. The largest absolute Gasteiger partial charge is 0.256 e. The maximum Gasteiger partial charge on any atom is 0.0787 e. The fourth-order valence-corrected chi connectivity index (χ4v) is 5.93. The fraction of sp³-hybridized carbons (Fsp3) is 0. The minimum absolute atomic E-state index is 0.949. The lowest BCUT2D eigenvalue weighted by Gasteiger charge is -2.17. The summed E-state index contributed by atoms with van der Waals surface area (Å²) in [5, 5.41) is 8.10. The van der Waals surface area contributed by atoms with Crippen LogP contribution in [0.2, 0.25) is 0 Å². The van der Waals surface area contributed by atoms with Gasteiger partial charge in [-0.2, -0.15) is 0 Å². The van der Waals surface area contributed by atoms with Gasteiger partial charge in [0.1, 0.15) is 0 Å². The van der Waals surface area contributed by atoms with Crippen molar-refractivity contribution in [1.82, 2.24) is 15.0 Å². The highest BCUT2D eigenvalue weighted by molar-refractivity contribution is 6.21. The van der Waals surface area contributed by atoms with Crippen LogP contribution in [-0.2, 0) is 0 Å². The third-order valence-electron chi connectivity index (χ3n) is 7.75. The van der Waals surface area contributed by atoms with Gasteiger partial charge in [0.15, 0.2) is 0 Å². The molecule has 0 aliphatic carbocycles. The summed E-state index contributed by atoms with van der Waals surface area (Å²) in [6.45, 7) is 0. The molecule has 0 fully saturated rings. The van der Waals surface area contributed by atoms with Crippen LogP contribution in [0.3, 0.4) is 0 Å². The van der Waals surface area contributed by atoms with Gasteiger partial charge >= 0.3 is 0 Å². The van der Waals surface area contributed by atoms with Crippen LogP contribution in [0.1, 0.15) is 0 Å². The molecule has 0 amide bonds. The van der Waals surface area contributed by atoms with Gasteiger partial charge in [-0.3, -0.25) is 9.97 Å². The quantitative estimate of drug-likeness (QED) is 0.176. The van der Waals surface area contributed by atoms with Crippen LogP contribution in [0.4, 0.5) is 0 Å². The van der Waals surface area contributed by atoms with E-state index in [1.54, 1.807) is 0 Å². The number of fused-ring (bicyclic) bond motifs is 5. The third kappa shape index (κ3) is 3.56. The Morgan fingerprint density at radius 2 is 0.950 bits per heavy atom. The summed E-state index contributed by atoms with van der Waals surface area (Å²) >= 11 is 0. The first kappa shape index (κ1) is 22.6. The Morgan fingerprint density at radius 3 is 1.65 bits per heavy atom. The molecule has 186 valence electrons. The van der Waals surface area contributed by atoms with Crippen LogP contribution in [0, 0.1) is 0 Å². The topological polar surface area (TPSA) is 38.7 Å². The van der Waals surface area contributed by atoms with E-state index in [2.05, 4.69) is 109 Å². The number of rotatable bonds is 3. The second-order valence-corrected chi connectivity index (χ2v) is 10.0. The minimum Gasteiger partial charge on any atom is -0.256 e. The molecule has 0 atom stereocenters. The first-order valence-electron chi connectivity index (χ1n) is 13.5. The first-order chi connectivity index (χ1) is 19.8. The third-order valence-corrected chi connectivity index (χ3v) is 7.75. The summed E-state index contributed by atoms with van der Waals surface area (Å²) in [7, 11) is 0. The number of pyridine rings is 3. The molecule has 8 aromatic rings. The number of nitrogens with zero attached hydrogens (tertiary/aromatic N) is 3. The van der Waals surface area contributed by atoms with Gasteiger partial charge in [-0.25, -0.2) is 4.98 Å². The van der Waals surface area contributed by atoms with Crippen molar-refractivity contribution >= 4 is 43.2 Å². The van der Waals surface area contributed by atoms with E-state index in [0.717, 1.165) is 66.2 Å². The van der Waals surface area contributed by atoms with Gasteiger partial charge in [0, 0.05) is 39.9 Å². The van der Waals surface area contributed by atoms with Gasteiger partial charge in [-0.05, 0) is 63.3 Å². The van der Waals surface area contributed by atoms with E-state index in [1.807, 2.05) is 30.6 Å². The van der Waals surface area contributed by atoms with E-state index in [4.69, 9.17) is 15.0 Å². The molecule has 0 saturated heterocycles. The molecule has 0 unspecified atom stereocenters. The molecule has 8 rings (SSSR count). The predicted molar refractivity (Wildman–Crippen MR) is 166 cm³/mol. The second-order valence-electron chi connectivity index (χ2n) is 10.0. The predicted octanol–water partition coefficient (Wildman–Crippen LogP) is 9.49. The molecule has 0 saturated carbocycles. The van der Waals surface area contributed by atoms with E-state index in [0.29, 0.717) is 0 Å². The van der Waals surface area contributed by atoms with Crippen molar-refractivity contribution in [1.29, 1.82) is 0 Å². The van der Waals surface area contributed by atoms with Gasteiger partial charge in [-0.15, -0.1) is 0 Å². The van der Waals surface area contributed by atoms with Crippen LogP contribution in [0.15, 0.2) is 140 Å². The van der Waals surface area contributed by atoms with E-state index in [9.17, 15) is 0 Å². The average Bonchev–Trinajstić information content (AvgIpc) is 3.04. The molecule has 0 aliphatic heterocycles. The Balaban J connectivity index is 1.47. The summed E-state index contributed by atoms with van der Waals surface area (Å²) < 4.78 is 0. The van der Waals surface area contributed by atoms with Crippen LogP contribution < -0.4 is 0 Å². The van der Waals surface area contributed by atoms with E-state index < -0.39 is 0 Å². The molecule has 0 spiro atoms. The van der Waals surface area contributed by atoms with E-state index >= 15 is 0 Å². The summed E-state index contributed by atoms with van der Waals surface area (Å²) in [4.78, 5) is 14.8. The summed E-state index contributed by atoms with van der Waals surface area (Å²) in [5.74, 6) is 0. The zero-order chi connectivity index (χ0) is 26.5. The molecular weight excluding hydrogens is 486 g/mol. The Morgan fingerprint density at radius 1 is 0.375 bits per heavy atom. The van der Waals surface area contributed by atoms with Crippen molar-refractivity contribution in [3.8, 4) is 33.8 Å². The SMILES string of the molecule is c1ccc(-c2c3ccccc3c(-c3ccccn3)c3cc(-c4ccc5ccc6ccccc6c5n4)ccc23)nc1. The second kappa shape index (κ2) is 9.11. The van der Waals surface area contributed by atoms with Crippen molar-refractivity contribution in [2.75, 3.05) is 0 Å². The zero-order valence-electron chi connectivity index (χ0n) is 21.6. The maximum atomic E-state index is 5.20. The Kier molecular flexibility index (Phi) is 5.14. The van der Waals surface area contributed by atoms with Crippen molar-refractivity contribution < 1.29 is 0 Å². The molecule has 0 N–H and O–H groups in total. The van der Waals surface area contributed by atoms with Crippen molar-refractivity contribution in [3.63, 3.8) is 0 Å². The molecule has 0 bridgehead atoms. The molecule has 5 aromatic carbocycles. The fourth-order valence-electron chi connectivity index (χ4n) is 5.93. The highest BCUT2D eigenvalue weighted by Crippen LogP contribution is 2.43. The van der Waals surface area contributed by atoms with Crippen molar-refractivity contribution in [2.24, 2.45) is 0 Å². The average molecular weight is 510 g/mol. The monoisotopic (exact) mass is 509 g/mol. The van der Waals surface area contributed by atoms with Gasteiger partial charge in [0.05, 0.1) is 22.6 Å². The molecule has 3 heterocycles. The number of aromatic nitrogens is 3. The summed E-state index contributed by atoms with van der Waals surface area (Å²) in [5.41, 5.74) is 7.21. The Labute approximate surface area is 231 Å². The first-order valence-corrected chi connectivity index (χ1v) is 13.5. The summed E-state index contributed by atoms with van der Waals surface area (Å²) in [6, 6.07) is 44.5. The normalized spacial score (nSPS) is 11.5. The van der Waals surface area contributed by atoms with Crippen LogP contribution in [0.5, 0.6) is 0 Å². The molecule has 0 aliphatic rings. The number of hydrogen-bond acceptors (Lipinski definition) is 3. The highest BCUT2D eigenvalue weighted by atomic mass is 14.7. The molecule has 3 nitrogen and oxygen atoms in total. The van der Waals surface area contributed by atoms with Crippen molar-refractivity contribution in [2.45, 2.75) is 0 Å². The van der Waals surface area contributed by atoms with Crippen molar-refractivity contribution in [3.05, 3.63) is 140 Å². The maximum absolute atomic E-state index is 5.20. The van der Waals surface area contributed by atoms with Gasteiger partial charge < -0.3 is 0 Å². The van der Waals surface area contributed by atoms with E-state index in [-0.39, 0.29) is 0 Å². The molecule has 3 heteroatoms. The standard InChI is InChI=1S/C37H23N3/c1-2-10-27-24(9-1)15-16-25-18-20-32(40-37(25)27)26-17-19-30-31(23-26)36(34-14-6-8-22-39-34)29-12-4-3-11-28(29)35(30)33-13-5-7-21-38-33/h1-23H. The Bertz CT molecular complexity index is 2200. The highest BCUT2D eigenvalue weighted by Gasteiger charge is 2.18. The molecular formula is C37H23N3. The molecule has 0 radical (unpaired) electrons. The molecule has 40 heavy (non-hydrogen) atoms. The molecule has 3 aromatic heterocycles. The lowest BCUT2D eigenvalue weighted by Crippen LogP contribution is -1.94. The van der Waals surface area contributed by atoms with Gasteiger partial charge in [0.2, 0.25) is 0 Å². The smallest absolute Gasteiger partial charge is 0.0787 e. The van der Waals surface area contributed by atoms with Gasteiger partial charge in [-0.1, -0.05) is 91.0 Å².